The highest BCUT2D eigenvalue weighted by molar-refractivity contribution is 5.70. The number of hydrogen-bond acceptors (Lipinski definition) is 5. The number of nitrogens with one attached hydrogen (secondary N) is 1. The van der Waals surface area contributed by atoms with Gasteiger partial charge >= 0.3 is 5.97 Å². The van der Waals surface area contributed by atoms with E-state index in [-0.39, 0.29) is 29.3 Å². The van der Waals surface area contributed by atoms with E-state index in [1.54, 1.807) is 6.92 Å². The van der Waals surface area contributed by atoms with Crippen LogP contribution >= 0.6 is 0 Å². The van der Waals surface area contributed by atoms with Crippen molar-refractivity contribution in [3.8, 4) is 0 Å². The first-order chi connectivity index (χ1) is 7.99. The zero-order valence-corrected chi connectivity index (χ0v) is 10.0. The van der Waals surface area contributed by atoms with Gasteiger partial charge in [0, 0.05) is 23.4 Å². The van der Waals surface area contributed by atoms with Crippen LogP contribution in [-0.2, 0) is 9.53 Å². The molecule has 6 nitrogen and oxygen atoms in total. The van der Waals surface area contributed by atoms with Crippen molar-refractivity contribution in [3.63, 3.8) is 0 Å². The molecule has 1 spiro atoms. The van der Waals surface area contributed by atoms with Gasteiger partial charge in [-0.25, -0.2) is 0 Å². The third-order valence-corrected chi connectivity index (χ3v) is 3.79. The molecule has 2 aliphatic rings. The summed E-state index contributed by atoms with van der Waals surface area (Å²) in [5.41, 5.74) is -0.236. The highest BCUT2D eigenvalue weighted by Gasteiger charge is 2.60. The maximum absolute atomic E-state index is 11.5. The second-order valence-corrected chi connectivity index (χ2v) is 5.43. The van der Waals surface area contributed by atoms with Crippen molar-refractivity contribution in [3.05, 3.63) is 10.1 Å². The van der Waals surface area contributed by atoms with Crippen LogP contribution in [0, 0.1) is 20.9 Å². The van der Waals surface area contributed by atoms with Crippen LogP contribution in [0.2, 0.25) is 0 Å². The number of nitro groups is 1. The van der Waals surface area contributed by atoms with E-state index in [2.05, 4.69) is 5.32 Å². The molecule has 2 rings (SSSR count). The quantitative estimate of drug-likeness (QED) is 0.433. The van der Waals surface area contributed by atoms with Crippen molar-refractivity contribution in [2.45, 2.75) is 26.2 Å². The van der Waals surface area contributed by atoms with Crippen LogP contribution in [0.15, 0.2) is 0 Å². The minimum Gasteiger partial charge on any atom is -0.466 e. The Morgan fingerprint density at radius 2 is 2.12 bits per heavy atom. The van der Waals surface area contributed by atoms with Gasteiger partial charge in [0.25, 0.3) is 0 Å². The molecule has 1 saturated carbocycles. The number of rotatable bonds is 5. The predicted molar refractivity (Wildman–Crippen MR) is 60.1 cm³/mol. The van der Waals surface area contributed by atoms with E-state index in [0.717, 1.165) is 25.9 Å². The lowest BCUT2D eigenvalue weighted by Crippen LogP contribution is -2.65. The first kappa shape index (κ1) is 12.3. The fourth-order valence-corrected chi connectivity index (χ4v) is 3.35. The molecule has 1 aliphatic heterocycles. The Balaban J connectivity index is 1.95. The normalized spacial score (nSPS) is 23.6. The van der Waals surface area contributed by atoms with E-state index in [1.807, 2.05) is 0 Å². The Morgan fingerprint density at radius 1 is 1.47 bits per heavy atom. The Bertz CT molecular complexity index is 330. The van der Waals surface area contributed by atoms with Crippen molar-refractivity contribution in [2.24, 2.45) is 10.8 Å². The molecule has 1 heterocycles. The molecule has 6 heteroatoms. The van der Waals surface area contributed by atoms with E-state index in [4.69, 9.17) is 4.74 Å². The minimum atomic E-state index is -0.460. The summed E-state index contributed by atoms with van der Waals surface area (Å²) in [7, 11) is 0. The fraction of sp³-hybridized carbons (Fsp3) is 0.909. The summed E-state index contributed by atoms with van der Waals surface area (Å²) in [6.45, 7) is 3.81. The smallest absolute Gasteiger partial charge is 0.306 e. The Labute approximate surface area is 99.9 Å². The molecule has 0 aromatic carbocycles. The largest absolute Gasteiger partial charge is 0.466 e. The van der Waals surface area contributed by atoms with Gasteiger partial charge in [0.05, 0.1) is 13.0 Å². The summed E-state index contributed by atoms with van der Waals surface area (Å²) in [4.78, 5) is 21.9. The molecule has 0 bridgehead atoms. The highest BCUT2D eigenvalue weighted by Crippen LogP contribution is 2.58. The fourth-order valence-electron chi connectivity index (χ4n) is 3.35. The Morgan fingerprint density at radius 3 is 2.53 bits per heavy atom. The molecule has 1 N–H and O–H groups in total. The summed E-state index contributed by atoms with van der Waals surface area (Å²) in [5.74, 6) is -0.309. The van der Waals surface area contributed by atoms with Crippen molar-refractivity contribution in [1.29, 1.82) is 0 Å². The van der Waals surface area contributed by atoms with Crippen LogP contribution in [0.25, 0.3) is 0 Å². The van der Waals surface area contributed by atoms with Gasteiger partial charge in [0.15, 0.2) is 0 Å². The average Bonchev–Trinajstić information content (AvgIpc) is 2.09. The first-order valence-electron chi connectivity index (χ1n) is 5.97. The lowest BCUT2D eigenvalue weighted by molar-refractivity contribution is -0.505. The monoisotopic (exact) mass is 242 g/mol. The molecule has 0 unspecified atom stereocenters. The summed E-state index contributed by atoms with van der Waals surface area (Å²) in [6, 6.07) is 0. The topological polar surface area (TPSA) is 81.5 Å². The third kappa shape index (κ3) is 2.41. The summed E-state index contributed by atoms with van der Waals surface area (Å²) < 4.78 is 4.90. The van der Waals surface area contributed by atoms with E-state index < -0.39 is 5.41 Å². The van der Waals surface area contributed by atoms with Gasteiger partial charge in [-0.1, -0.05) is 0 Å². The number of carbonyl (C=O) groups is 1. The van der Waals surface area contributed by atoms with Crippen LogP contribution in [-0.4, -0.2) is 37.1 Å². The van der Waals surface area contributed by atoms with Crippen LogP contribution in [0.3, 0.4) is 0 Å². The summed E-state index contributed by atoms with van der Waals surface area (Å²) in [5, 5.41) is 13.9. The zero-order chi connectivity index (χ0) is 12.5. The Kier molecular flexibility index (Phi) is 3.07. The van der Waals surface area contributed by atoms with Crippen molar-refractivity contribution < 1.29 is 14.5 Å². The van der Waals surface area contributed by atoms with E-state index >= 15 is 0 Å². The van der Waals surface area contributed by atoms with Gasteiger partial charge in [0.1, 0.15) is 0 Å². The molecule has 0 aromatic heterocycles. The van der Waals surface area contributed by atoms with Gasteiger partial charge in [-0.05, 0) is 25.2 Å². The Hall–Kier alpha value is -1.17. The van der Waals surface area contributed by atoms with Gasteiger partial charge in [0.2, 0.25) is 6.54 Å². The van der Waals surface area contributed by atoms with Gasteiger partial charge in [-0.3, -0.25) is 14.9 Å². The lowest BCUT2D eigenvalue weighted by atomic mass is 9.49. The van der Waals surface area contributed by atoms with Crippen molar-refractivity contribution in [1.82, 2.24) is 5.32 Å². The maximum atomic E-state index is 11.5. The van der Waals surface area contributed by atoms with Crippen molar-refractivity contribution >= 4 is 5.97 Å². The average molecular weight is 242 g/mol. The summed E-state index contributed by atoms with van der Waals surface area (Å²) >= 11 is 0. The molecule has 1 saturated heterocycles. The molecule has 1 aliphatic carbocycles. The van der Waals surface area contributed by atoms with Gasteiger partial charge in [-0.15, -0.1) is 0 Å². The predicted octanol–water partition coefficient (Wildman–Crippen LogP) is 0.586. The molecular weight excluding hydrogens is 224 g/mol. The SMILES string of the molecule is CCOC(=O)CC1(C[N+](=O)[O-])CC2(CNC2)C1. The molecule has 96 valence electrons. The molecular formula is C11H18N2O4. The number of ether oxygens (including phenoxy) is 1. The van der Waals surface area contributed by atoms with E-state index in [1.165, 1.54) is 0 Å². The standard InChI is InChI=1S/C11H18N2O4/c1-2-17-9(14)3-10(8-13(15)16)4-11(5-10)6-12-7-11/h12H,2-8H2,1H3. The number of hydrogen-bond donors (Lipinski definition) is 1. The van der Waals surface area contributed by atoms with Crippen LogP contribution < -0.4 is 5.32 Å². The molecule has 0 atom stereocenters. The second kappa shape index (κ2) is 4.25. The third-order valence-electron chi connectivity index (χ3n) is 3.79. The minimum absolute atomic E-state index is 0.117. The van der Waals surface area contributed by atoms with E-state index in [0.29, 0.717) is 6.61 Å². The maximum Gasteiger partial charge on any atom is 0.306 e. The van der Waals surface area contributed by atoms with Gasteiger partial charge < -0.3 is 10.1 Å². The molecule has 0 radical (unpaired) electrons. The molecule has 0 amide bonds. The van der Waals surface area contributed by atoms with Crippen LogP contribution in [0.4, 0.5) is 0 Å². The second-order valence-electron chi connectivity index (χ2n) is 5.43. The van der Waals surface area contributed by atoms with Crippen LogP contribution in [0.1, 0.15) is 26.2 Å². The number of nitrogens with zero attached hydrogens (tertiary/aromatic N) is 1. The van der Waals surface area contributed by atoms with E-state index in [9.17, 15) is 14.9 Å². The number of esters is 1. The lowest BCUT2D eigenvalue weighted by Gasteiger charge is -2.59. The number of carbonyl (C=O) groups excluding carboxylic acids is 1. The highest BCUT2D eigenvalue weighted by atomic mass is 16.6. The summed E-state index contributed by atoms with van der Waals surface area (Å²) in [6.07, 6.45) is 1.73. The van der Waals surface area contributed by atoms with Crippen LogP contribution in [0.5, 0.6) is 0 Å². The molecule has 0 aromatic rings. The molecule has 17 heavy (non-hydrogen) atoms. The zero-order valence-electron chi connectivity index (χ0n) is 10.0. The molecule has 2 fully saturated rings. The van der Waals surface area contributed by atoms with Crippen molar-refractivity contribution in [2.75, 3.05) is 26.2 Å². The first-order valence-corrected chi connectivity index (χ1v) is 5.97. The van der Waals surface area contributed by atoms with Gasteiger partial charge in [-0.2, -0.15) is 0 Å².